The summed E-state index contributed by atoms with van der Waals surface area (Å²) in [6.45, 7) is 2.06. The molecule has 0 radical (unpaired) electrons. The van der Waals surface area contributed by atoms with Crippen LogP contribution in [0.5, 0.6) is 0 Å². The molecule has 3 aromatic rings. The van der Waals surface area contributed by atoms with Crippen LogP contribution in [0.25, 0.3) is 0 Å². The molecular weight excluding hydrogens is 511 g/mol. The van der Waals surface area contributed by atoms with Gasteiger partial charge in [-0.05, 0) is 41.7 Å². The van der Waals surface area contributed by atoms with Crippen LogP contribution in [0.2, 0.25) is 0 Å². The van der Waals surface area contributed by atoms with Crippen molar-refractivity contribution in [3.8, 4) is 0 Å². The highest BCUT2D eigenvalue weighted by atomic mass is 19.4. The van der Waals surface area contributed by atoms with E-state index in [2.05, 4.69) is 17.1 Å². The molecule has 0 saturated heterocycles. The highest BCUT2D eigenvalue weighted by Crippen LogP contribution is 2.29. The molecule has 1 N–H and O–H groups in total. The molecule has 0 aliphatic carbocycles. The van der Waals surface area contributed by atoms with E-state index in [1.807, 2.05) is 12.1 Å². The third-order valence-corrected chi connectivity index (χ3v) is 6.41. The summed E-state index contributed by atoms with van der Waals surface area (Å²) in [4.78, 5) is 29.1. The fourth-order valence-electron chi connectivity index (χ4n) is 4.19. The van der Waals surface area contributed by atoms with Crippen molar-refractivity contribution >= 4 is 11.9 Å². The van der Waals surface area contributed by atoms with Crippen molar-refractivity contribution < 1.29 is 32.4 Å². The predicted octanol–water partition coefficient (Wildman–Crippen LogP) is 6.39. The fraction of sp³-hybridized carbons (Fsp3) is 0.448. The van der Waals surface area contributed by atoms with Crippen LogP contribution in [-0.4, -0.2) is 32.0 Å². The molecule has 210 valence electrons. The number of alkyl halides is 3. The molecule has 0 fully saturated rings. The van der Waals surface area contributed by atoms with Gasteiger partial charge in [0, 0.05) is 25.9 Å². The number of aryl methyl sites for hydroxylation is 3. The Morgan fingerprint density at radius 2 is 1.38 bits per heavy atom. The lowest BCUT2D eigenvalue weighted by molar-refractivity contribution is -0.156. The van der Waals surface area contributed by atoms with Gasteiger partial charge in [0.25, 0.3) is 0 Å². The number of unbranched alkanes of at least 4 members (excludes halogenated alkanes) is 5. The molecule has 3 rings (SSSR count). The first kappa shape index (κ1) is 29.9. The number of aromatic nitrogens is 2. The molecule has 0 aliphatic heterocycles. The van der Waals surface area contributed by atoms with Gasteiger partial charge >= 0.3 is 18.1 Å². The second kappa shape index (κ2) is 14.5. The van der Waals surface area contributed by atoms with Gasteiger partial charge in [-0.25, -0.2) is 4.79 Å². The molecule has 2 aromatic carbocycles. The van der Waals surface area contributed by atoms with E-state index in [9.17, 15) is 27.9 Å². The van der Waals surface area contributed by atoms with Crippen molar-refractivity contribution in [2.75, 3.05) is 0 Å². The maximum atomic E-state index is 12.8. The average molecular weight is 546 g/mol. The molecule has 0 spiro atoms. The second-order valence-electron chi connectivity index (χ2n) is 9.60. The van der Waals surface area contributed by atoms with E-state index in [1.165, 1.54) is 37.8 Å². The van der Waals surface area contributed by atoms with Crippen molar-refractivity contribution in [3.63, 3.8) is 0 Å². The molecule has 39 heavy (non-hydrogen) atoms. The number of amides is 1. The van der Waals surface area contributed by atoms with Gasteiger partial charge in [-0.2, -0.15) is 18.2 Å². The first-order valence-electron chi connectivity index (χ1n) is 13.2. The van der Waals surface area contributed by atoms with Crippen molar-refractivity contribution in [2.45, 2.75) is 84.0 Å². The summed E-state index contributed by atoms with van der Waals surface area (Å²) in [6, 6.07) is 11.7. The van der Waals surface area contributed by atoms with Crippen molar-refractivity contribution in [1.82, 2.24) is 15.0 Å². The molecule has 0 unspecified atom stereocenters. The van der Waals surface area contributed by atoms with Gasteiger partial charge in [0.1, 0.15) is 0 Å². The second-order valence-corrected chi connectivity index (χ2v) is 9.60. The van der Waals surface area contributed by atoms with E-state index in [4.69, 9.17) is 4.52 Å². The maximum absolute atomic E-state index is 12.8. The summed E-state index contributed by atoms with van der Waals surface area (Å²) in [5, 5.41) is 13.3. The Kier molecular flexibility index (Phi) is 11.1. The molecule has 0 aliphatic rings. The van der Waals surface area contributed by atoms with Gasteiger partial charge in [-0.1, -0.05) is 80.6 Å². The zero-order valence-electron chi connectivity index (χ0n) is 22.0. The molecule has 1 aromatic heterocycles. The minimum atomic E-state index is -4.48. The van der Waals surface area contributed by atoms with Gasteiger partial charge in [0.15, 0.2) is 5.82 Å². The predicted molar refractivity (Wildman–Crippen MR) is 139 cm³/mol. The van der Waals surface area contributed by atoms with Crippen LogP contribution < -0.4 is 0 Å². The van der Waals surface area contributed by atoms with Gasteiger partial charge < -0.3 is 14.5 Å². The normalized spacial score (nSPS) is 11.5. The standard InChI is InChI=1S/C29H34F3N3O4/c1-2-3-4-5-6-7-8-25-33-26(39-34-25)18-15-21-9-11-22(12-10-21)19-35(27(36)28(37)38)20-23-13-16-24(17-14-23)29(30,31)32/h9-14,16-17H,2-8,15,18-20H2,1H3,(H,37,38). The smallest absolute Gasteiger partial charge is 0.416 e. The summed E-state index contributed by atoms with van der Waals surface area (Å²) in [5.74, 6) is -1.46. The highest BCUT2D eigenvalue weighted by molar-refractivity contribution is 6.31. The first-order chi connectivity index (χ1) is 18.7. The summed E-state index contributed by atoms with van der Waals surface area (Å²) in [7, 11) is 0. The van der Waals surface area contributed by atoms with Crippen LogP contribution in [0.1, 0.15) is 79.4 Å². The number of carbonyl (C=O) groups is 2. The van der Waals surface area contributed by atoms with Crippen LogP contribution in [0.15, 0.2) is 53.1 Å². The van der Waals surface area contributed by atoms with Crippen LogP contribution in [0.3, 0.4) is 0 Å². The van der Waals surface area contributed by atoms with Gasteiger partial charge in [-0.3, -0.25) is 4.79 Å². The minimum Gasteiger partial charge on any atom is -0.474 e. The monoisotopic (exact) mass is 545 g/mol. The molecule has 0 bridgehead atoms. The van der Waals surface area contributed by atoms with Crippen LogP contribution in [-0.2, 0) is 48.1 Å². The largest absolute Gasteiger partial charge is 0.474 e. The summed E-state index contributed by atoms with van der Waals surface area (Å²) < 4.78 is 43.8. The number of hydrogen-bond donors (Lipinski definition) is 1. The van der Waals surface area contributed by atoms with Gasteiger partial charge in [-0.15, -0.1) is 0 Å². The van der Waals surface area contributed by atoms with E-state index in [0.717, 1.165) is 47.7 Å². The Labute approximate surface area is 226 Å². The number of hydrogen-bond acceptors (Lipinski definition) is 5. The number of carboxylic acids is 1. The Hall–Kier alpha value is -3.69. The molecule has 7 nitrogen and oxygen atoms in total. The van der Waals surface area contributed by atoms with Gasteiger partial charge in [0.05, 0.1) is 5.56 Å². The minimum absolute atomic E-state index is 0.00208. The number of nitrogens with zero attached hydrogens (tertiary/aromatic N) is 3. The lowest BCUT2D eigenvalue weighted by atomic mass is 10.1. The fourth-order valence-corrected chi connectivity index (χ4v) is 4.19. The third-order valence-electron chi connectivity index (χ3n) is 6.41. The number of carbonyl (C=O) groups excluding carboxylic acids is 1. The first-order valence-corrected chi connectivity index (χ1v) is 13.2. The third kappa shape index (κ3) is 9.85. The Morgan fingerprint density at radius 1 is 0.821 bits per heavy atom. The van der Waals surface area contributed by atoms with E-state index in [-0.39, 0.29) is 13.1 Å². The van der Waals surface area contributed by atoms with Crippen LogP contribution in [0.4, 0.5) is 13.2 Å². The Balaban J connectivity index is 1.52. The van der Waals surface area contributed by atoms with E-state index >= 15 is 0 Å². The topological polar surface area (TPSA) is 96.5 Å². The van der Waals surface area contributed by atoms with Crippen molar-refractivity contribution in [3.05, 3.63) is 82.5 Å². The number of halogens is 3. The van der Waals surface area contributed by atoms with Gasteiger partial charge in [0.2, 0.25) is 5.89 Å². The maximum Gasteiger partial charge on any atom is 0.416 e. The summed E-state index contributed by atoms with van der Waals surface area (Å²) in [6.07, 6.45) is 4.79. The van der Waals surface area contributed by atoms with Crippen LogP contribution in [0, 0.1) is 0 Å². The van der Waals surface area contributed by atoms with E-state index in [0.29, 0.717) is 29.9 Å². The van der Waals surface area contributed by atoms with Crippen LogP contribution >= 0.6 is 0 Å². The highest BCUT2D eigenvalue weighted by Gasteiger charge is 2.30. The molecular formula is C29H34F3N3O4. The molecule has 1 amide bonds. The molecule has 0 saturated carbocycles. The number of rotatable bonds is 14. The number of benzene rings is 2. The van der Waals surface area contributed by atoms with E-state index in [1.54, 1.807) is 12.1 Å². The molecule has 0 atom stereocenters. The number of aliphatic carboxylic acids is 1. The zero-order chi connectivity index (χ0) is 28.3. The van der Waals surface area contributed by atoms with E-state index < -0.39 is 23.6 Å². The number of carboxylic acid groups (broad SMARTS) is 1. The summed E-state index contributed by atoms with van der Waals surface area (Å²) >= 11 is 0. The Morgan fingerprint density at radius 3 is 1.97 bits per heavy atom. The molecule has 10 heteroatoms. The Bertz CT molecular complexity index is 1190. The zero-order valence-corrected chi connectivity index (χ0v) is 22.0. The SMILES string of the molecule is CCCCCCCCc1noc(CCc2ccc(CN(Cc3ccc(C(F)(F)F)cc3)C(=O)C(=O)O)cc2)n1. The van der Waals surface area contributed by atoms with Crippen molar-refractivity contribution in [1.29, 1.82) is 0 Å². The average Bonchev–Trinajstić information content (AvgIpc) is 3.37. The lowest BCUT2D eigenvalue weighted by Gasteiger charge is -2.21. The quantitative estimate of drug-likeness (QED) is 0.186. The summed E-state index contributed by atoms with van der Waals surface area (Å²) in [5.41, 5.74) is 1.28. The lowest BCUT2D eigenvalue weighted by Crippen LogP contribution is -2.35. The van der Waals surface area contributed by atoms with Crippen molar-refractivity contribution in [2.24, 2.45) is 0 Å². The molecule has 1 heterocycles.